The first kappa shape index (κ1) is 21.6. The minimum Gasteiger partial charge on any atom is -0.508 e. The quantitative estimate of drug-likeness (QED) is 0.325. The zero-order valence-electron chi connectivity index (χ0n) is 17.4. The third kappa shape index (κ3) is 2.62. The number of anilines is 1. The van der Waals surface area contributed by atoms with Crippen LogP contribution < -0.4 is 10.6 Å². The molecule has 1 amide bonds. The highest BCUT2D eigenvalue weighted by molar-refractivity contribution is 6.22. The number of aldehydes is 1. The number of fused-ring (bicyclic) bond motifs is 3. The van der Waals surface area contributed by atoms with Gasteiger partial charge < -0.3 is 31.1 Å². The monoisotopic (exact) mass is 442 g/mol. The van der Waals surface area contributed by atoms with E-state index in [0.717, 1.165) is 0 Å². The Balaban J connectivity index is 1.98. The molecule has 0 spiro atoms. The maximum absolute atomic E-state index is 13.4. The molecule has 0 radical (unpaired) electrons. The summed E-state index contributed by atoms with van der Waals surface area (Å²) in [6.45, 7) is 0. The zero-order valence-corrected chi connectivity index (χ0v) is 17.4. The van der Waals surface area contributed by atoms with E-state index in [9.17, 15) is 39.6 Å². The largest absolute Gasteiger partial charge is 0.508 e. The number of rotatable bonds is 3. The Hall–Kier alpha value is -3.66. The number of phenols is 1. The molecule has 3 unspecified atom stereocenters. The van der Waals surface area contributed by atoms with Crippen molar-refractivity contribution in [3.63, 3.8) is 0 Å². The number of carbonyl (C=O) groups is 4. The summed E-state index contributed by atoms with van der Waals surface area (Å²) in [5.41, 5.74) is 2.31. The highest BCUT2D eigenvalue weighted by Crippen LogP contribution is 2.53. The number of aliphatic hydroxyl groups is 3. The maximum atomic E-state index is 13.4. The van der Waals surface area contributed by atoms with Gasteiger partial charge in [0.25, 0.3) is 5.91 Å². The molecule has 10 nitrogen and oxygen atoms in total. The number of ketones is 2. The van der Waals surface area contributed by atoms with Crippen molar-refractivity contribution in [2.45, 2.75) is 24.9 Å². The summed E-state index contributed by atoms with van der Waals surface area (Å²) in [6, 6.07) is 1.47. The van der Waals surface area contributed by atoms with Gasteiger partial charge in [-0.1, -0.05) is 0 Å². The fraction of sp³-hybridized carbons (Fsp3) is 0.364. The van der Waals surface area contributed by atoms with E-state index in [1.807, 2.05) is 0 Å². The van der Waals surface area contributed by atoms with Crippen molar-refractivity contribution in [1.29, 1.82) is 0 Å². The Morgan fingerprint density at radius 2 is 1.88 bits per heavy atom. The first-order valence-electron chi connectivity index (χ1n) is 9.93. The number of primary amides is 1. The lowest BCUT2D eigenvalue weighted by Gasteiger charge is -2.46. The number of phenolic OH excluding ortho intramolecular Hbond substituents is 1. The minimum absolute atomic E-state index is 0.0476. The predicted molar refractivity (Wildman–Crippen MR) is 111 cm³/mol. The van der Waals surface area contributed by atoms with Gasteiger partial charge in [0.1, 0.15) is 22.8 Å². The standard InChI is InChI=1S/C22H22N2O8/c1-24(2)12-5-9(7-25)17(27)15-11(12)4-8-3-10-6-13(26)16(21(23)31)20(30)22(10,32)19(29)14(8)18(15)28/h5,7-8,10,27-28,30,32H,3-4,6H2,1-2H3,(H2,23,31). The highest BCUT2D eigenvalue weighted by Gasteiger charge is 2.60. The summed E-state index contributed by atoms with van der Waals surface area (Å²) in [5.74, 6) is -7.03. The predicted octanol–water partition coefficient (Wildman–Crippen LogP) is 0.302. The van der Waals surface area contributed by atoms with E-state index in [4.69, 9.17) is 5.73 Å². The molecule has 168 valence electrons. The van der Waals surface area contributed by atoms with Crippen LogP contribution in [0.5, 0.6) is 5.75 Å². The van der Waals surface area contributed by atoms with Crippen molar-refractivity contribution in [2.75, 3.05) is 19.0 Å². The lowest BCUT2D eigenvalue weighted by Crippen LogP contribution is -2.58. The smallest absolute Gasteiger partial charge is 0.255 e. The lowest BCUT2D eigenvalue weighted by molar-refractivity contribution is -0.147. The molecule has 0 heterocycles. The fourth-order valence-electron chi connectivity index (χ4n) is 5.18. The molecule has 0 saturated heterocycles. The van der Waals surface area contributed by atoms with Crippen molar-refractivity contribution < 1.29 is 39.6 Å². The molecule has 0 aromatic heterocycles. The summed E-state index contributed by atoms with van der Waals surface area (Å²) < 4.78 is 0. The minimum atomic E-state index is -2.61. The van der Waals surface area contributed by atoms with Gasteiger partial charge in [-0.15, -0.1) is 0 Å². The van der Waals surface area contributed by atoms with E-state index >= 15 is 0 Å². The summed E-state index contributed by atoms with van der Waals surface area (Å²) in [5, 5.41) is 43.4. The molecule has 1 fully saturated rings. The SMILES string of the molecule is CN(C)c1cc(C=O)c(O)c2c1CC1CC3CC(=O)C(C(N)=O)=C(O)C3(O)C(=O)C1=C2O. The van der Waals surface area contributed by atoms with Gasteiger partial charge in [-0.3, -0.25) is 19.2 Å². The molecule has 1 aromatic rings. The van der Waals surface area contributed by atoms with Crippen LogP contribution in [0.1, 0.15) is 34.3 Å². The van der Waals surface area contributed by atoms with Gasteiger partial charge in [-0.05, 0) is 30.4 Å². The molecular weight excluding hydrogens is 420 g/mol. The normalized spacial score (nSPS) is 27.0. The molecule has 10 heteroatoms. The van der Waals surface area contributed by atoms with Crippen molar-refractivity contribution in [2.24, 2.45) is 17.6 Å². The molecule has 0 bridgehead atoms. The molecule has 0 aliphatic heterocycles. The number of aromatic hydroxyl groups is 1. The average Bonchev–Trinajstić information content (AvgIpc) is 2.70. The molecule has 1 aromatic carbocycles. The Morgan fingerprint density at radius 1 is 1.22 bits per heavy atom. The van der Waals surface area contributed by atoms with E-state index < -0.39 is 57.8 Å². The summed E-state index contributed by atoms with van der Waals surface area (Å²) in [7, 11) is 3.44. The van der Waals surface area contributed by atoms with Crippen LogP contribution in [0.25, 0.3) is 5.76 Å². The number of hydrogen-bond donors (Lipinski definition) is 5. The van der Waals surface area contributed by atoms with E-state index in [1.54, 1.807) is 19.0 Å². The van der Waals surface area contributed by atoms with Crippen molar-refractivity contribution >= 4 is 35.2 Å². The number of Topliss-reactive ketones (excluding diaryl/α,β-unsaturated/α-hetero) is 2. The van der Waals surface area contributed by atoms with Crippen LogP contribution in [0.15, 0.2) is 23.0 Å². The van der Waals surface area contributed by atoms with Gasteiger partial charge in [0.15, 0.2) is 17.7 Å². The van der Waals surface area contributed by atoms with Gasteiger partial charge in [-0.25, -0.2) is 0 Å². The first-order chi connectivity index (χ1) is 14.9. The van der Waals surface area contributed by atoms with Crippen molar-refractivity contribution in [1.82, 2.24) is 0 Å². The summed E-state index contributed by atoms with van der Waals surface area (Å²) in [4.78, 5) is 50.6. The Bertz CT molecular complexity index is 1180. The van der Waals surface area contributed by atoms with Gasteiger partial charge in [0.05, 0.1) is 11.1 Å². The van der Waals surface area contributed by atoms with Gasteiger partial charge in [0, 0.05) is 37.7 Å². The molecule has 4 rings (SSSR count). The van der Waals surface area contributed by atoms with Crippen LogP contribution in [0.2, 0.25) is 0 Å². The van der Waals surface area contributed by atoms with Crippen LogP contribution in [0.3, 0.4) is 0 Å². The maximum Gasteiger partial charge on any atom is 0.255 e. The third-order valence-corrected chi connectivity index (χ3v) is 6.68. The van der Waals surface area contributed by atoms with Crippen LogP contribution in [-0.2, 0) is 20.8 Å². The highest BCUT2D eigenvalue weighted by atomic mass is 16.3. The number of amides is 1. The fourth-order valence-corrected chi connectivity index (χ4v) is 5.18. The Labute approximate surface area is 182 Å². The average molecular weight is 442 g/mol. The van der Waals surface area contributed by atoms with Gasteiger partial charge >= 0.3 is 0 Å². The Kier molecular flexibility index (Phi) is 4.67. The first-order valence-corrected chi connectivity index (χ1v) is 9.93. The van der Waals surface area contributed by atoms with Crippen LogP contribution in [0, 0.1) is 11.8 Å². The summed E-state index contributed by atoms with van der Waals surface area (Å²) >= 11 is 0. The number of nitrogens with two attached hydrogens (primary N) is 1. The third-order valence-electron chi connectivity index (χ3n) is 6.68. The second-order valence-electron chi connectivity index (χ2n) is 8.61. The van der Waals surface area contributed by atoms with Crippen molar-refractivity contribution in [3.8, 4) is 5.75 Å². The van der Waals surface area contributed by atoms with Gasteiger partial charge in [0.2, 0.25) is 5.78 Å². The second-order valence-corrected chi connectivity index (χ2v) is 8.61. The van der Waals surface area contributed by atoms with E-state index in [1.165, 1.54) is 6.07 Å². The van der Waals surface area contributed by atoms with E-state index in [2.05, 4.69) is 0 Å². The molecule has 6 N–H and O–H groups in total. The van der Waals surface area contributed by atoms with E-state index in [-0.39, 0.29) is 36.0 Å². The van der Waals surface area contributed by atoms with Crippen LogP contribution >= 0.6 is 0 Å². The van der Waals surface area contributed by atoms with Crippen LogP contribution in [0.4, 0.5) is 5.69 Å². The molecule has 3 aliphatic carbocycles. The zero-order chi connectivity index (χ0) is 23.7. The molecule has 32 heavy (non-hydrogen) atoms. The number of nitrogens with zero attached hydrogens (tertiary/aromatic N) is 1. The number of hydrogen-bond acceptors (Lipinski definition) is 9. The number of benzene rings is 1. The van der Waals surface area contributed by atoms with Gasteiger partial charge in [-0.2, -0.15) is 0 Å². The molecule has 3 atom stereocenters. The number of aliphatic hydroxyl groups excluding tert-OH is 2. The topological polar surface area (TPSA) is 178 Å². The van der Waals surface area contributed by atoms with E-state index in [0.29, 0.717) is 17.5 Å². The second kappa shape index (κ2) is 6.92. The summed E-state index contributed by atoms with van der Waals surface area (Å²) in [6.07, 6.45) is 0.262. The number of carbonyl (C=O) groups excluding carboxylic acids is 4. The molecule has 3 aliphatic rings. The van der Waals surface area contributed by atoms with Crippen LogP contribution in [-0.4, -0.2) is 63.9 Å². The Morgan fingerprint density at radius 3 is 2.44 bits per heavy atom. The molecular formula is C22H22N2O8. The van der Waals surface area contributed by atoms with Crippen molar-refractivity contribution in [3.05, 3.63) is 39.7 Å². The molecule has 1 saturated carbocycles. The lowest BCUT2D eigenvalue weighted by atomic mass is 9.59.